The maximum atomic E-state index is 10.7. The van der Waals surface area contributed by atoms with E-state index in [1.807, 2.05) is 0 Å². The smallest absolute Gasteiger partial charge is 0.391 e. The summed E-state index contributed by atoms with van der Waals surface area (Å²) in [5, 5.41) is 8.35. The third-order valence-corrected chi connectivity index (χ3v) is 2.00. The molecule has 0 bridgehead atoms. The standard InChI is InChI=1S/C4H5O8PS/c5-1-3(2-6)4(7)11-14-12-13(8,9)10/h5H,1H2,(H2,8,9,10). The van der Waals surface area contributed by atoms with Gasteiger partial charge in [0, 0.05) is 0 Å². The van der Waals surface area contributed by atoms with Crippen LogP contribution in [0.25, 0.3) is 0 Å². The lowest BCUT2D eigenvalue weighted by Gasteiger charge is -2.02. The minimum atomic E-state index is -4.75. The van der Waals surface area contributed by atoms with E-state index in [4.69, 9.17) is 14.9 Å². The van der Waals surface area contributed by atoms with E-state index in [2.05, 4.69) is 8.15 Å². The van der Waals surface area contributed by atoms with Crippen LogP contribution in [-0.2, 0) is 22.3 Å². The minimum Gasteiger partial charge on any atom is -0.391 e. The van der Waals surface area contributed by atoms with Gasteiger partial charge in [0.15, 0.2) is 0 Å². The molecule has 10 heteroatoms. The van der Waals surface area contributed by atoms with Crippen molar-refractivity contribution >= 4 is 32.1 Å². The van der Waals surface area contributed by atoms with Crippen molar-refractivity contribution in [2.75, 3.05) is 6.61 Å². The van der Waals surface area contributed by atoms with Crippen LogP contribution in [0.15, 0.2) is 5.57 Å². The predicted octanol–water partition coefficient (Wildman–Crippen LogP) is -1.05. The Bertz CT molecular complexity index is 300. The zero-order valence-corrected chi connectivity index (χ0v) is 8.16. The molecule has 0 spiro atoms. The van der Waals surface area contributed by atoms with Crippen molar-refractivity contribution in [1.82, 2.24) is 0 Å². The first-order valence-electron chi connectivity index (χ1n) is 2.88. The monoisotopic (exact) mass is 244 g/mol. The van der Waals surface area contributed by atoms with Crippen LogP contribution in [0.3, 0.4) is 0 Å². The SMILES string of the molecule is O=C=C(CO)C(=O)OSOP(=O)(O)O. The quantitative estimate of drug-likeness (QED) is 0.240. The van der Waals surface area contributed by atoms with Crippen LogP contribution in [-0.4, -0.2) is 33.4 Å². The van der Waals surface area contributed by atoms with E-state index in [0.29, 0.717) is 0 Å². The van der Waals surface area contributed by atoms with Crippen molar-refractivity contribution in [2.24, 2.45) is 0 Å². The third kappa shape index (κ3) is 5.90. The molecular weight excluding hydrogens is 239 g/mol. The molecule has 0 aliphatic carbocycles. The zero-order valence-electron chi connectivity index (χ0n) is 6.45. The fraction of sp³-hybridized carbons (Fsp3) is 0.250. The number of hydrogen-bond acceptors (Lipinski definition) is 7. The summed E-state index contributed by atoms with van der Waals surface area (Å²) in [5.74, 6) is -0.212. The summed E-state index contributed by atoms with van der Waals surface area (Å²) in [6.07, 6.45) is 0. The Kier molecular flexibility index (Phi) is 5.66. The molecule has 8 nitrogen and oxygen atoms in total. The molecule has 0 saturated heterocycles. The number of carbonyl (C=O) groups excluding carboxylic acids is 2. The number of aliphatic hydroxyl groups excluding tert-OH is 1. The largest absolute Gasteiger partial charge is 0.483 e. The van der Waals surface area contributed by atoms with Crippen molar-refractivity contribution in [3.05, 3.63) is 5.57 Å². The summed E-state index contributed by atoms with van der Waals surface area (Å²) in [6.45, 7) is -0.890. The summed E-state index contributed by atoms with van der Waals surface area (Å²) in [7, 11) is -4.75. The Morgan fingerprint density at radius 2 is 2.07 bits per heavy atom. The second kappa shape index (κ2) is 5.94. The fourth-order valence-electron chi connectivity index (χ4n) is 0.275. The van der Waals surface area contributed by atoms with Crippen LogP contribution in [0.2, 0.25) is 0 Å². The van der Waals surface area contributed by atoms with Gasteiger partial charge >= 0.3 is 13.8 Å². The molecule has 0 aromatic rings. The molecule has 0 unspecified atom stereocenters. The van der Waals surface area contributed by atoms with E-state index in [9.17, 15) is 14.2 Å². The van der Waals surface area contributed by atoms with E-state index >= 15 is 0 Å². The van der Waals surface area contributed by atoms with Crippen LogP contribution in [0.4, 0.5) is 0 Å². The number of aliphatic hydroxyl groups is 1. The molecule has 0 saturated carbocycles. The highest BCUT2D eigenvalue weighted by atomic mass is 32.2. The van der Waals surface area contributed by atoms with Crippen LogP contribution in [0, 0.1) is 0 Å². The Labute approximate surface area is 82.2 Å². The number of rotatable bonds is 5. The number of hydrogen-bond donors (Lipinski definition) is 3. The number of carbonyl (C=O) groups is 1. The Hall–Kier alpha value is -0.660. The second-order valence-corrected chi connectivity index (χ2v) is 3.62. The van der Waals surface area contributed by atoms with Crippen LogP contribution >= 0.6 is 20.1 Å². The molecule has 14 heavy (non-hydrogen) atoms. The topological polar surface area (TPSA) is 130 Å². The molecule has 0 aliphatic heterocycles. The molecule has 0 amide bonds. The molecular formula is C4H5O8PS. The zero-order chi connectivity index (χ0) is 11.2. The predicted molar refractivity (Wildman–Crippen MR) is 43.1 cm³/mol. The first-order chi connectivity index (χ1) is 6.40. The molecule has 0 aromatic carbocycles. The van der Waals surface area contributed by atoms with Crippen LogP contribution in [0.1, 0.15) is 0 Å². The van der Waals surface area contributed by atoms with Crippen LogP contribution in [0.5, 0.6) is 0 Å². The van der Waals surface area contributed by atoms with E-state index in [0.717, 1.165) is 5.94 Å². The Morgan fingerprint density at radius 1 is 1.50 bits per heavy atom. The molecule has 3 N–H and O–H groups in total. The maximum absolute atomic E-state index is 10.7. The van der Waals surface area contributed by atoms with Gasteiger partial charge in [-0.2, -0.15) is 3.97 Å². The molecule has 0 aromatic heterocycles. The summed E-state index contributed by atoms with van der Waals surface area (Å²) >= 11 is -0.296. The molecule has 80 valence electrons. The average Bonchev–Trinajstić information content (AvgIpc) is 2.04. The van der Waals surface area contributed by atoms with Gasteiger partial charge in [-0.05, 0) is 0 Å². The van der Waals surface area contributed by atoms with Gasteiger partial charge in [0.25, 0.3) is 0 Å². The normalized spacial score (nSPS) is 10.5. The van der Waals surface area contributed by atoms with Crippen molar-refractivity contribution < 1.29 is 37.2 Å². The van der Waals surface area contributed by atoms with E-state index in [-0.39, 0.29) is 12.3 Å². The van der Waals surface area contributed by atoms with Crippen molar-refractivity contribution in [3.8, 4) is 0 Å². The van der Waals surface area contributed by atoms with E-state index in [1.165, 1.54) is 0 Å². The first-order valence-corrected chi connectivity index (χ1v) is 5.08. The highest BCUT2D eigenvalue weighted by Crippen LogP contribution is 2.41. The van der Waals surface area contributed by atoms with Crippen molar-refractivity contribution in [2.45, 2.75) is 0 Å². The summed E-state index contributed by atoms with van der Waals surface area (Å²) in [5.41, 5.74) is -0.716. The lowest BCUT2D eigenvalue weighted by molar-refractivity contribution is -0.129. The van der Waals surface area contributed by atoms with Gasteiger partial charge in [0.05, 0.1) is 6.61 Å². The third-order valence-electron chi connectivity index (χ3n) is 0.765. The minimum absolute atomic E-state index is 0.296. The molecule has 0 aliphatic rings. The molecule has 0 radical (unpaired) electrons. The molecule has 0 rings (SSSR count). The second-order valence-electron chi connectivity index (χ2n) is 1.74. The molecule has 0 fully saturated rings. The summed E-state index contributed by atoms with van der Waals surface area (Å²) < 4.78 is 17.7. The molecule has 0 heterocycles. The fourth-order valence-corrected chi connectivity index (χ4v) is 0.876. The van der Waals surface area contributed by atoms with Gasteiger partial charge < -0.3 is 19.1 Å². The van der Waals surface area contributed by atoms with Gasteiger partial charge in [0.2, 0.25) is 12.3 Å². The highest BCUT2D eigenvalue weighted by molar-refractivity contribution is 7.93. The Morgan fingerprint density at radius 3 is 2.43 bits per heavy atom. The lowest BCUT2D eigenvalue weighted by Crippen LogP contribution is -2.07. The van der Waals surface area contributed by atoms with E-state index < -0.39 is 26.0 Å². The van der Waals surface area contributed by atoms with E-state index in [1.54, 1.807) is 0 Å². The highest BCUT2D eigenvalue weighted by Gasteiger charge is 2.19. The first kappa shape index (κ1) is 13.3. The van der Waals surface area contributed by atoms with Crippen LogP contribution < -0.4 is 0 Å². The van der Waals surface area contributed by atoms with Gasteiger partial charge in [-0.3, -0.25) is 0 Å². The van der Waals surface area contributed by atoms with Crippen molar-refractivity contribution in [1.29, 1.82) is 0 Å². The lowest BCUT2D eigenvalue weighted by atomic mass is 10.3. The average molecular weight is 244 g/mol. The maximum Gasteiger partial charge on any atom is 0.483 e. The van der Waals surface area contributed by atoms with Gasteiger partial charge in [-0.15, -0.1) is 0 Å². The van der Waals surface area contributed by atoms with Gasteiger partial charge in [-0.1, -0.05) is 0 Å². The van der Waals surface area contributed by atoms with Gasteiger partial charge in [-0.25, -0.2) is 14.2 Å². The van der Waals surface area contributed by atoms with Crippen molar-refractivity contribution in [3.63, 3.8) is 0 Å². The van der Waals surface area contributed by atoms with Gasteiger partial charge in [0.1, 0.15) is 11.5 Å². The number of phosphoric acid groups is 1. The molecule has 0 atom stereocenters. The summed E-state index contributed by atoms with van der Waals surface area (Å²) in [4.78, 5) is 36.8. The Balaban J connectivity index is 3.99. The summed E-state index contributed by atoms with van der Waals surface area (Å²) in [6, 6.07) is 0.